The molecule has 1 atom stereocenters. The van der Waals surface area contributed by atoms with Crippen LogP contribution in [0.4, 0.5) is 4.79 Å². The molecule has 23 heavy (non-hydrogen) atoms. The first-order valence-corrected chi connectivity index (χ1v) is 8.42. The van der Waals surface area contributed by atoms with Gasteiger partial charge in [0, 0.05) is 6.04 Å². The van der Waals surface area contributed by atoms with Gasteiger partial charge in [-0.3, -0.25) is 4.79 Å². The van der Waals surface area contributed by atoms with Crippen molar-refractivity contribution in [1.29, 1.82) is 0 Å². The molecule has 1 saturated carbocycles. The number of hydrogen-bond donors (Lipinski definition) is 3. The van der Waals surface area contributed by atoms with Crippen LogP contribution in [0.3, 0.4) is 0 Å². The molecule has 2 aliphatic carbocycles. The fourth-order valence-electron chi connectivity index (χ4n) is 3.77. The number of carbonyl (C=O) groups is 2. The van der Waals surface area contributed by atoms with Crippen molar-refractivity contribution < 1.29 is 14.7 Å². The van der Waals surface area contributed by atoms with Gasteiger partial charge in [0.05, 0.1) is 12.0 Å². The Hall–Kier alpha value is -2.04. The minimum Gasteiger partial charge on any atom is -0.481 e. The monoisotopic (exact) mass is 316 g/mol. The number of rotatable bonds is 3. The van der Waals surface area contributed by atoms with Gasteiger partial charge >= 0.3 is 12.0 Å². The Morgan fingerprint density at radius 3 is 2.52 bits per heavy atom. The third-order valence-corrected chi connectivity index (χ3v) is 5.09. The summed E-state index contributed by atoms with van der Waals surface area (Å²) in [6.45, 7) is 2.08. The van der Waals surface area contributed by atoms with Gasteiger partial charge in [-0.1, -0.05) is 23.8 Å². The average Bonchev–Trinajstić information content (AvgIpc) is 2.89. The minimum absolute atomic E-state index is 0.0842. The smallest absolute Gasteiger partial charge is 0.315 e. The van der Waals surface area contributed by atoms with Gasteiger partial charge in [0.25, 0.3) is 0 Å². The quantitative estimate of drug-likeness (QED) is 0.802. The molecule has 0 saturated heterocycles. The normalized spacial score (nSPS) is 26.4. The summed E-state index contributed by atoms with van der Waals surface area (Å²) in [7, 11) is 0. The molecular weight excluding hydrogens is 292 g/mol. The van der Waals surface area contributed by atoms with E-state index in [1.165, 1.54) is 16.7 Å². The van der Waals surface area contributed by atoms with E-state index in [-0.39, 0.29) is 24.0 Å². The van der Waals surface area contributed by atoms with Crippen molar-refractivity contribution >= 4 is 12.0 Å². The highest BCUT2D eigenvalue weighted by molar-refractivity contribution is 5.75. The van der Waals surface area contributed by atoms with Gasteiger partial charge in [0.2, 0.25) is 0 Å². The van der Waals surface area contributed by atoms with Crippen molar-refractivity contribution in [3.8, 4) is 0 Å². The highest BCUT2D eigenvalue weighted by Crippen LogP contribution is 2.31. The highest BCUT2D eigenvalue weighted by Gasteiger charge is 2.28. The number of benzene rings is 1. The lowest BCUT2D eigenvalue weighted by atomic mass is 9.86. The van der Waals surface area contributed by atoms with Gasteiger partial charge in [-0.15, -0.1) is 0 Å². The van der Waals surface area contributed by atoms with E-state index in [2.05, 4.69) is 35.8 Å². The number of amides is 2. The molecule has 1 aromatic carbocycles. The molecule has 0 spiro atoms. The number of aryl methyl sites for hydroxylation is 2. The summed E-state index contributed by atoms with van der Waals surface area (Å²) in [5.41, 5.74) is 3.81. The summed E-state index contributed by atoms with van der Waals surface area (Å²) in [5.74, 6) is -0.966. The summed E-state index contributed by atoms with van der Waals surface area (Å²) in [5, 5.41) is 15.1. The van der Waals surface area contributed by atoms with Crippen LogP contribution in [0.25, 0.3) is 0 Å². The number of hydrogen-bond acceptors (Lipinski definition) is 2. The summed E-state index contributed by atoms with van der Waals surface area (Å²) >= 11 is 0. The maximum Gasteiger partial charge on any atom is 0.315 e. The second kappa shape index (κ2) is 6.60. The van der Waals surface area contributed by atoms with Gasteiger partial charge < -0.3 is 15.7 Å². The number of fused-ring (bicyclic) bond motifs is 1. The van der Waals surface area contributed by atoms with Crippen LogP contribution in [0.2, 0.25) is 0 Å². The largest absolute Gasteiger partial charge is 0.481 e. The zero-order chi connectivity index (χ0) is 16.4. The Morgan fingerprint density at radius 1 is 1.09 bits per heavy atom. The van der Waals surface area contributed by atoms with Crippen LogP contribution in [-0.2, 0) is 11.2 Å². The zero-order valence-corrected chi connectivity index (χ0v) is 13.5. The van der Waals surface area contributed by atoms with Crippen LogP contribution in [0, 0.1) is 12.8 Å². The van der Waals surface area contributed by atoms with Crippen molar-refractivity contribution in [2.24, 2.45) is 5.92 Å². The minimum atomic E-state index is -0.717. The fraction of sp³-hybridized carbons (Fsp3) is 0.556. The molecule has 0 bridgehead atoms. The number of carboxylic acid groups (broad SMARTS) is 1. The molecule has 2 aliphatic rings. The third kappa shape index (κ3) is 3.66. The van der Waals surface area contributed by atoms with Crippen molar-refractivity contribution in [2.45, 2.75) is 57.5 Å². The second-order valence-corrected chi connectivity index (χ2v) is 6.80. The van der Waals surface area contributed by atoms with Crippen LogP contribution in [0.5, 0.6) is 0 Å². The van der Waals surface area contributed by atoms with Crippen LogP contribution >= 0.6 is 0 Å². The Morgan fingerprint density at radius 2 is 1.83 bits per heavy atom. The SMILES string of the molecule is Cc1ccc2c(c1)CCC2NC(=O)NC1CCC(C(=O)O)CC1. The van der Waals surface area contributed by atoms with Crippen LogP contribution in [-0.4, -0.2) is 23.1 Å². The molecule has 3 N–H and O–H groups in total. The van der Waals surface area contributed by atoms with Crippen molar-refractivity contribution in [3.63, 3.8) is 0 Å². The molecule has 5 nitrogen and oxygen atoms in total. The Bertz CT molecular complexity index is 606. The van der Waals surface area contributed by atoms with Gasteiger partial charge in [0.1, 0.15) is 0 Å². The maximum absolute atomic E-state index is 12.2. The van der Waals surface area contributed by atoms with E-state index in [0.717, 1.165) is 25.7 Å². The number of carbonyl (C=O) groups excluding carboxylic acids is 1. The fourth-order valence-corrected chi connectivity index (χ4v) is 3.77. The van der Waals surface area contributed by atoms with Gasteiger partial charge in [-0.25, -0.2) is 4.79 Å². The van der Waals surface area contributed by atoms with E-state index in [4.69, 9.17) is 5.11 Å². The van der Waals surface area contributed by atoms with Gasteiger partial charge in [-0.05, 0) is 56.6 Å². The van der Waals surface area contributed by atoms with Crippen LogP contribution in [0.1, 0.15) is 54.8 Å². The first-order valence-electron chi connectivity index (χ1n) is 8.42. The lowest BCUT2D eigenvalue weighted by molar-refractivity contribution is -0.142. The lowest BCUT2D eigenvalue weighted by Crippen LogP contribution is -2.45. The summed E-state index contributed by atoms with van der Waals surface area (Å²) in [6, 6.07) is 6.43. The molecule has 1 unspecified atom stereocenters. The molecule has 124 valence electrons. The van der Waals surface area contributed by atoms with E-state index >= 15 is 0 Å². The average molecular weight is 316 g/mol. The predicted molar refractivity (Wildman–Crippen MR) is 87.3 cm³/mol. The molecule has 5 heteroatoms. The zero-order valence-electron chi connectivity index (χ0n) is 13.5. The molecule has 0 aliphatic heterocycles. The van der Waals surface area contributed by atoms with E-state index in [9.17, 15) is 9.59 Å². The van der Waals surface area contributed by atoms with E-state index in [1.54, 1.807) is 0 Å². The summed E-state index contributed by atoms with van der Waals surface area (Å²) in [6.07, 6.45) is 4.72. The highest BCUT2D eigenvalue weighted by atomic mass is 16.4. The van der Waals surface area contributed by atoms with Crippen LogP contribution < -0.4 is 10.6 Å². The molecule has 3 rings (SSSR count). The van der Waals surface area contributed by atoms with E-state index in [1.807, 2.05) is 0 Å². The Labute approximate surface area is 136 Å². The first-order chi connectivity index (χ1) is 11.0. The topological polar surface area (TPSA) is 78.4 Å². The maximum atomic E-state index is 12.2. The second-order valence-electron chi connectivity index (χ2n) is 6.80. The molecule has 0 heterocycles. The molecule has 1 aromatic rings. The predicted octanol–water partition coefficient (Wildman–Crippen LogP) is 2.92. The number of carboxylic acids is 1. The Balaban J connectivity index is 1.51. The van der Waals surface area contributed by atoms with E-state index in [0.29, 0.717) is 12.8 Å². The van der Waals surface area contributed by atoms with Crippen molar-refractivity contribution in [2.75, 3.05) is 0 Å². The lowest BCUT2D eigenvalue weighted by Gasteiger charge is -2.27. The van der Waals surface area contributed by atoms with Crippen molar-refractivity contribution in [3.05, 3.63) is 34.9 Å². The molecule has 2 amide bonds. The standard InChI is InChI=1S/C18H24N2O3/c1-11-2-8-15-13(10-11)5-9-16(15)20-18(23)19-14-6-3-12(4-7-14)17(21)22/h2,8,10,12,14,16H,3-7,9H2,1H3,(H,21,22)(H2,19,20,23). The molecule has 0 aromatic heterocycles. The van der Waals surface area contributed by atoms with Gasteiger partial charge in [0.15, 0.2) is 0 Å². The first kappa shape index (κ1) is 15.8. The molecule has 1 fully saturated rings. The summed E-state index contributed by atoms with van der Waals surface area (Å²) in [4.78, 5) is 23.2. The van der Waals surface area contributed by atoms with Crippen LogP contribution in [0.15, 0.2) is 18.2 Å². The molecular formula is C18H24N2O3. The summed E-state index contributed by atoms with van der Waals surface area (Å²) < 4.78 is 0. The Kier molecular flexibility index (Phi) is 4.55. The number of nitrogens with one attached hydrogen (secondary N) is 2. The van der Waals surface area contributed by atoms with Crippen molar-refractivity contribution in [1.82, 2.24) is 10.6 Å². The number of urea groups is 1. The number of aliphatic carboxylic acids is 1. The third-order valence-electron chi connectivity index (χ3n) is 5.09. The molecule has 0 radical (unpaired) electrons. The van der Waals surface area contributed by atoms with E-state index < -0.39 is 5.97 Å². The van der Waals surface area contributed by atoms with Gasteiger partial charge in [-0.2, -0.15) is 0 Å².